The van der Waals surface area contributed by atoms with Crippen LogP contribution in [0.5, 0.6) is 0 Å². The normalized spacial score (nSPS) is 10.9. The zero-order chi connectivity index (χ0) is 19.7. The summed E-state index contributed by atoms with van der Waals surface area (Å²) < 4.78 is 28.6. The highest BCUT2D eigenvalue weighted by molar-refractivity contribution is 5.88. The lowest BCUT2D eigenvalue weighted by molar-refractivity contribution is 0.0697. The van der Waals surface area contributed by atoms with Gasteiger partial charge in [-0.25, -0.2) is 18.6 Å². The fourth-order valence-corrected chi connectivity index (χ4v) is 2.88. The fourth-order valence-electron chi connectivity index (χ4n) is 2.88. The van der Waals surface area contributed by atoms with Crippen LogP contribution in [0.3, 0.4) is 0 Å². The average molecular weight is 380 g/mol. The smallest absolute Gasteiger partial charge is 0.335 e. The van der Waals surface area contributed by atoms with Gasteiger partial charge in [0.25, 0.3) is 0 Å². The lowest BCUT2D eigenvalue weighted by Gasteiger charge is -2.08. The number of anilines is 2. The Balaban J connectivity index is 1.61. The molecule has 4 aromatic rings. The van der Waals surface area contributed by atoms with Crippen LogP contribution in [0.1, 0.15) is 15.9 Å². The molecule has 0 aliphatic carbocycles. The maximum Gasteiger partial charge on any atom is 0.335 e. The Kier molecular flexibility index (Phi) is 4.44. The predicted octanol–water partition coefficient (Wildman–Crippen LogP) is 4.20. The molecule has 0 aliphatic rings. The molecule has 0 radical (unpaired) electrons. The number of carbonyl (C=O) groups is 1. The van der Waals surface area contributed by atoms with Gasteiger partial charge in [-0.1, -0.05) is 0 Å². The Bertz CT molecular complexity index is 1150. The highest BCUT2D eigenvalue weighted by Crippen LogP contribution is 2.20. The Morgan fingerprint density at radius 1 is 1.07 bits per heavy atom. The maximum absolute atomic E-state index is 13.4. The van der Waals surface area contributed by atoms with Crippen molar-refractivity contribution in [2.24, 2.45) is 0 Å². The Morgan fingerprint density at radius 3 is 2.46 bits per heavy atom. The second-order valence-corrected chi connectivity index (χ2v) is 6.20. The van der Waals surface area contributed by atoms with Crippen molar-refractivity contribution in [3.05, 3.63) is 83.7 Å². The van der Waals surface area contributed by atoms with E-state index in [0.717, 1.165) is 11.5 Å². The number of hydrogen-bond acceptors (Lipinski definition) is 4. The third-order valence-electron chi connectivity index (χ3n) is 4.17. The molecular formula is C20H14F2N4O2. The van der Waals surface area contributed by atoms with Crippen molar-refractivity contribution in [1.82, 2.24) is 14.5 Å². The van der Waals surface area contributed by atoms with Crippen LogP contribution < -0.4 is 5.32 Å². The van der Waals surface area contributed by atoms with Crippen LogP contribution in [0.4, 0.5) is 20.4 Å². The second-order valence-electron chi connectivity index (χ2n) is 6.20. The molecule has 28 heavy (non-hydrogen) atoms. The minimum atomic E-state index is -1.00. The Labute approximate surface area is 158 Å². The van der Waals surface area contributed by atoms with Crippen molar-refractivity contribution in [3.8, 4) is 0 Å². The second kappa shape index (κ2) is 7.07. The molecule has 140 valence electrons. The number of hydrogen-bond donors (Lipinski definition) is 2. The summed E-state index contributed by atoms with van der Waals surface area (Å²) in [7, 11) is 0. The average Bonchev–Trinajstić information content (AvgIpc) is 3.03. The van der Waals surface area contributed by atoms with Gasteiger partial charge in [-0.2, -0.15) is 4.98 Å². The molecule has 0 atom stereocenters. The highest BCUT2D eigenvalue weighted by Gasteiger charge is 2.09. The SMILES string of the molecule is O=C(O)c1ccc(Nc2ncc3ccn(Cc4cc(F)cc(F)c4)c3n2)cc1. The zero-order valence-electron chi connectivity index (χ0n) is 14.4. The van der Waals surface area contributed by atoms with E-state index in [2.05, 4.69) is 15.3 Å². The lowest BCUT2D eigenvalue weighted by Crippen LogP contribution is -2.03. The zero-order valence-corrected chi connectivity index (χ0v) is 14.4. The molecular weight excluding hydrogens is 366 g/mol. The minimum Gasteiger partial charge on any atom is -0.478 e. The Hall–Kier alpha value is -3.81. The summed E-state index contributed by atoms with van der Waals surface area (Å²) in [6, 6.07) is 11.4. The van der Waals surface area contributed by atoms with E-state index >= 15 is 0 Å². The number of nitrogens with one attached hydrogen (secondary N) is 1. The molecule has 0 aliphatic heterocycles. The number of halogens is 2. The number of aromatic nitrogens is 3. The molecule has 4 rings (SSSR count). The standard InChI is InChI=1S/C20H14F2N4O2/c21-15-7-12(8-16(22)9-15)11-26-6-5-14-10-23-20(25-18(14)26)24-17-3-1-13(2-4-17)19(27)28/h1-10H,11H2,(H,27,28)(H,23,24,25). The van der Waals surface area contributed by atoms with E-state index < -0.39 is 17.6 Å². The molecule has 0 spiro atoms. The maximum atomic E-state index is 13.4. The van der Waals surface area contributed by atoms with E-state index in [1.165, 1.54) is 24.3 Å². The van der Waals surface area contributed by atoms with E-state index in [-0.39, 0.29) is 12.1 Å². The van der Waals surface area contributed by atoms with E-state index in [0.29, 0.717) is 22.8 Å². The van der Waals surface area contributed by atoms with E-state index in [4.69, 9.17) is 5.11 Å². The molecule has 2 aromatic carbocycles. The summed E-state index contributed by atoms with van der Waals surface area (Å²) in [4.78, 5) is 19.6. The summed E-state index contributed by atoms with van der Waals surface area (Å²) >= 11 is 0. The molecule has 8 heteroatoms. The van der Waals surface area contributed by atoms with Crippen molar-refractivity contribution in [3.63, 3.8) is 0 Å². The first-order valence-corrected chi connectivity index (χ1v) is 8.35. The summed E-state index contributed by atoms with van der Waals surface area (Å²) in [5.74, 6) is -1.95. The van der Waals surface area contributed by atoms with E-state index in [1.54, 1.807) is 29.1 Å². The summed E-state index contributed by atoms with van der Waals surface area (Å²) in [6.45, 7) is 0.252. The van der Waals surface area contributed by atoms with Gasteiger partial charge in [-0.05, 0) is 48.0 Å². The first-order valence-electron chi connectivity index (χ1n) is 8.35. The predicted molar refractivity (Wildman–Crippen MR) is 99.7 cm³/mol. The van der Waals surface area contributed by atoms with Crippen LogP contribution in [-0.2, 0) is 6.54 Å². The molecule has 2 aromatic heterocycles. The van der Waals surface area contributed by atoms with Gasteiger partial charge in [0.1, 0.15) is 17.3 Å². The van der Waals surface area contributed by atoms with Gasteiger partial charge in [-0.3, -0.25) is 0 Å². The molecule has 2 heterocycles. The van der Waals surface area contributed by atoms with E-state index in [9.17, 15) is 13.6 Å². The van der Waals surface area contributed by atoms with Gasteiger partial charge in [0, 0.05) is 36.1 Å². The molecule has 0 bridgehead atoms. The van der Waals surface area contributed by atoms with Crippen LogP contribution in [0.25, 0.3) is 11.0 Å². The fraction of sp³-hybridized carbons (Fsp3) is 0.0500. The minimum absolute atomic E-state index is 0.179. The molecule has 2 N–H and O–H groups in total. The largest absolute Gasteiger partial charge is 0.478 e. The molecule has 6 nitrogen and oxygen atoms in total. The van der Waals surface area contributed by atoms with Crippen LogP contribution >= 0.6 is 0 Å². The van der Waals surface area contributed by atoms with E-state index in [1.807, 2.05) is 6.07 Å². The van der Waals surface area contributed by atoms with Gasteiger partial charge in [0.05, 0.1) is 5.56 Å². The number of rotatable bonds is 5. The van der Waals surface area contributed by atoms with Crippen molar-refractivity contribution in [2.45, 2.75) is 6.54 Å². The van der Waals surface area contributed by atoms with Crippen molar-refractivity contribution in [2.75, 3.05) is 5.32 Å². The summed E-state index contributed by atoms with van der Waals surface area (Å²) in [5.41, 5.74) is 1.89. The quantitative estimate of drug-likeness (QED) is 0.542. The van der Waals surface area contributed by atoms with Crippen LogP contribution in [0, 0.1) is 11.6 Å². The van der Waals surface area contributed by atoms with Gasteiger partial charge >= 0.3 is 5.97 Å². The molecule has 0 saturated carbocycles. The first-order chi connectivity index (χ1) is 13.5. The third-order valence-corrected chi connectivity index (χ3v) is 4.17. The number of carboxylic acid groups (broad SMARTS) is 1. The Morgan fingerprint density at radius 2 is 1.79 bits per heavy atom. The van der Waals surface area contributed by atoms with Crippen LogP contribution in [0.15, 0.2) is 60.9 Å². The molecule has 0 amide bonds. The molecule has 0 fully saturated rings. The van der Waals surface area contributed by atoms with Gasteiger partial charge < -0.3 is 15.0 Å². The highest BCUT2D eigenvalue weighted by atomic mass is 19.1. The number of nitrogens with zero attached hydrogens (tertiary/aromatic N) is 3. The number of benzene rings is 2. The summed E-state index contributed by atoms with van der Waals surface area (Å²) in [6.07, 6.45) is 3.41. The van der Waals surface area contributed by atoms with Crippen molar-refractivity contribution in [1.29, 1.82) is 0 Å². The van der Waals surface area contributed by atoms with Gasteiger partial charge in [0.15, 0.2) is 0 Å². The van der Waals surface area contributed by atoms with Crippen molar-refractivity contribution < 1.29 is 18.7 Å². The lowest BCUT2D eigenvalue weighted by atomic mass is 10.2. The molecule has 0 saturated heterocycles. The van der Waals surface area contributed by atoms with Crippen LogP contribution in [-0.4, -0.2) is 25.6 Å². The van der Waals surface area contributed by atoms with Crippen LogP contribution in [0.2, 0.25) is 0 Å². The van der Waals surface area contributed by atoms with Gasteiger partial charge in [-0.15, -0.1) is 0 Å². The molecule has 0 unspecified atom stereocenters. The number of fused-ring (bicyclic) bond motifs is 1. The number of carboxylic acids is 1. The monoisotopic (exact) mass is 380 g/mol. The van der Waals surface area contributed by atoms with Gasteiger partial charge in [0.2, 0.25) is 5.95 Å². The number of aromatic carboxylic acids is 1. The first kappa shape index (κ1) is 17.6. The summed E-state index contributed by atoms with van der Waals surface area (Å²) in [5, 5.41) is 12.7. The topological polar surface area (TPSA) is 80.0 Å². The van der Waals surface area contributed by atoms with Crippen molar-refractivity contribution >= 4 is 28.6 Å². The third kappa shape index (κ3) is 3.66.